The van der Waals surface area contributed by atoms with Gasteiger partial charge in [0.15, 0.2) is 0 Å². The molecule has 1 heterocycles. The van der Waals surface area contributed by atoms with Crippen LogP contribution in [-0.2, 0) is 21.4 Å². The Labute approximate surface area is 246 Å². The first-order valence-corrected chi connectivity index (χ1v) is 14.9. The van der Waals surface area contributed by atoms with Gasteiger partial charge < -0.3 is 4.74 Å². The molecule has 0 fully saturated rings. The zero-order chi connectivity index (χ0) is 29.7. The second-order valence-corrected chi connectivity index (χ2v) is 11.9. The molecule has 5 rings (SSSR count). The molecule has 0 bridgehead atoms. The highest BCUT2D eigenvalue weighted by molar-refractivity contribution is 7.89. The lowest BCUT2D eigenvalue weighted by Gasteiger charge is -2.22. The minimum atomic E-state index is -3.98. The van der Waals surface area contributed by atoms with Crippen molar-refractivity contribution in [3.63, 3.8) is 0 Å². The van der Waals surface area contributed by atoms with Crippen LogP contribution in [0.2, 0.25) is 0 Å². The van der Waals surface area contributed by atoms with Crippen LogP contribution in [-0.4, -0.2) is 41.8 Å². The van der Waals surface area contributed by atoms with Crippen LogP contribution in [0.5, 0.6) is 5.75 Å². The molecular formula is C33H32N4O4S. The SMILES string of the molecule is COc1ccc(-c2cn(-c3ccc(C)cc3)c(NC(=O)CN(Cc3ccccc3)S(=O)(=O)c3ccc(C)cc3)n2)cc1. The van der Waals surface area contributed by atoms with E-state index in [2.05, 4.69) is 5.32 Å². The molecule has 0 saturated heterocycles. The number of rotatable bonds is 10. The summed E-state index contributed by atoms with van der Waals surface area (Å²) in [5.41, 5.74) is 5.09. The third kappa shape index (κ3) is 6.59. The average molecular weight is 581 g/mol. The minimum Gasteiger partial charge on any atom is -0.497 e. The van der Waals surface area contributed by atoms with Gasteiger partial charge in [0, 0.05) is 24.0 Å². The Morgan fingerprint density at radius 2 is 1.48 bits per heavy atom. The molecule has 0 aliphatic heterocycles. The second-order valence-electron chi connectivity index (χ2n) is 10.0. The van der Waals surface area contributed by atoms with Gasteiger partial charge in [0.25, 0.3) is 0 Å². The predicted molar refractivity (Wildman–Crippen MR) is 164 cm³/mol. The number of nitrogens with one attached hydrogen (secondary N) is 1. The lowest BCUT2D eigenvalue weighted by molar-refractivity contribution is -0.116. The molecule has 0 unspecified atom stereocenters. The van der Waals surface area contributed by atoms with Crippen LogP contribution in [0, 0.1) is 13.8 Å². The Kier molecular flexibility index (Phi) is 8.51. The summed E-state index contributed by atoms with van der Waals surface area (Å²) in [5, 5.41) is 2.87. The van der Waals surface area contributed by atoms with Crippen LogP contribution in [0.25, 0.3) is 16.9 Å². The van der Waals surface area contributed by atoms with Crippen molar-refractivity contribution in [1.29, 1.82) is 0 Å². The quantitative estimate of drug-likeness (QED) is 0.219. The fourth-order valence-electron chi connectivity index (χ4n) is 4.47. The summed E-state index contributed by atoms with van der Waals surface area (Å²) in [6.45, 7) is 3.53. The first-order chi connectivity index (χ1) is 20.2. The summed E-state index contributed by atoms with van der Waals surface area (Å²) < 4.78 is 35.7. The molecule has 1 aromatic heterocycles. The standard InChI is InChI=1S/C33H32N4O4S/c1-24-9-15-28(16-10-24)37-22-31(27-13-17-29(41-3)18-14-27)34-33(37)35-32(38)23-36(21-26-7-5-4-6-8-26)42(39,40)30-19-11-25(2)12-20-30/h4-20,22H,21,23H2,1-3H3,(H,34,35,38). The van der Waals surface area contributed by atoms with Gasteiger partial charge in [-0.15, -0.1) is 0 Å². The van der Waals surface area contributed by atoms with Gasteiger partial charge in [-0.3, -0.25) is 14.7 Å². The first kappa shape index (κ1) is 28.8. The van der Waals surface area contributed by atoms with E-state index in [1.165, 1.54) is 4.31 Å². The van der Waals surface area contributed by atoms with E-state index in [9.17, 15) is 13.2 Å². The summed E-state index contributed by atoms with van der Waals surface area (Å²) in [6, 6.07) is 31.1. The van der Waals surface area contributed by atoms with Crippen LogP contribution < -0.4 is 10.1 Å². The Balaban J connectivity index is 1.47. The summed E-state index contributed by atoms with van der Waals surface area (Å²) in [5.74, 6) is 0.488. The number of carbonyl (C=O) groups excluding carboxylic acids is 1. The summed E-state index contributed by atoms with van der Waals surface area (Å²) in [4.78, 5) is 18.4. The van der Waals surface area contributed by atoms with Crippen molar-refractivity contribution in [3.8, 4) is 22.7 Å². The van der Waals surface area contributed by atoms with Gasteiger partial charge in [0.1, 0.15) is 5.75 Å². The molecule has 9 heteroatoms. The number of amides is 1. The third-order valence-electron chi connectivity index (χ3n) is 6.84. The van der Waals surface area contributed by atoms with Crippen LogP contribution in [0.3, 0.4) is 0 Å². The normalized spacial score (nSPS) is 11.4. The van der Waals surface area contributed by atoms with Gasteiger partial charge in [-0.05, 0) is 67.9 Å². The number of carbonyl (C=O) groups is 1. The minimum absolute atomic E-state index is 0.0357. The fraction of sp³-hybridized carbons (Fsp3) is 0.152. The number of hydrogen-bond acceptors (Lipinski definition) is 5. The Morgan fingerprint density at radius 3 is 2.10 bits per heavy atom. The Hall–Kier alpha value is -4.73. The van der Waals surface area contributed by atoms with Crippen LogP contribution >= 0.6 is 0 Å². The maximum absolute atomic E-state index is 13.7. The fourth-order valence-corrected chi connectivity index (χ4v) is 5.85. The smallest absolute Gasteiger partial charge is 0.243 e. The van der Waals surface area contributed by atoms with Crippen LogP contribution in [0.15, 0.2) is 114 Å². The molecule has 4 aromatic carbocycles. The van der Waals surface area contributed by atoms with E-state index < -0.39 is 22.5 Å². The largest absolute Gasteiger partial charge is 0.497 e. The van der Waals surface area contributed by atoms with Crippen molar-refractivity contribution >= 4 is 21.9 Å². The third-order valence-corrected chi connectivity index (χ3v) is 8.64. The maximum atomic E-state index is 13.7. The number of aromatic nitrogens is 2. The van der Waals surface area contributed by atoms with Crippen molar-refractivity contribution in [1.82, 2.24) is 13.9 Å². The van der Waals surface area contributed by atoms with Crippen LogP contribution in [0.4, 0.5) is 5.95 Å². The van der Waals surface area contributed by atoms with Crippen molar-refractivity contribution in [2.24, 2.45) is 0 Å². The monoisotopic (exact) mass is 580 g/mol. The van der Waals surface area contributed by atoms with E-state index in [-0.39, 0.29) is 17.4 Å². The van der Waals surface area contributed by atoms with Gasteiger partial charge in [-0.1, -0.05) is 65.7 Å². The van der Waals surface area contributed by atoms with E-state index in [0.29, 0.717) is 5.69 Å². The number of ether oxygens (including phenoxy) is 1. The Morgan fingerprint density at radius 1 is 0.857 bits per heavy atom. The second kappa shape index (κ2) is 12.4. The topological polar surface area (TPSA) is 93.5 Å². The molecule has 1 amide bonds. The van der Waals surface area contributed by atoms with Gasteiger partial charge in [0.2, 0.25) is 21.9 Å². The highest BCUT2D eigenvalue weighted by Crippen LogP contribution is 2.27. The molecule has 0 aliphatic rings. The molecule has 8 nitrogen and oxygen atoms in total. The molecule has 0 saturated carbocycles. The molecular weight excluding hydrogens is 548 g/mol. The number of benzene rings is 4. The average Bonchev–Trinajstić information content (AvgIpc) is 3.41. The molecule has 214 valence electrons. The molecule has 1 N–H and O–H groups in total. The van der Waals surface area contributed by atoms with Gasteiger partial charge in [-0.2, -0.15) is 4.31 Å². The molecule has 5 aromatic rings. The van der Waals surface area contributed by atoms with E-state index in [1.807, 2.05) is 98.9 Å². The number of imidazole rings is 1. The first-order valence-electron chi connectivity index (χ1n) is 13.4. The van der Waals surface area contributed by atoms with Crippen molar-refractivity contribution < 1.29 is 17.9 Å². The number of anilines is 1. The molecule has 42 heavy (non-hydrogen) atoms. The van der Waals surface area contributed by atoms with Crippen molar-refractivity contribution in [2.75, 3.05) is 19.0 Å². The number of nitrogens with zero attached hydrogens (tertiary/aromatic N) is 3. The highest BCUT2D eigenvalue weighted by atomic mass is 32.2. The van der Waals surface area contributed by atoms with Crippen molar-refractivity contribution in [2.45, 2.75) is 25.3 Å². The number of sulfonamides is 1. The Bertz CT molecular complexity index is 1770. The summed E-state index contributed by atoms with van der Waals surface area (Å²) in [7, 11) is -2.38. The summed E-state index contributed by atoms with van der Waals surface area (Å²) in [6.07, 6.45) is 1.84. The molecule has 0 atom stereocenters. The van der Waals surface area contributed by atoms with Crippen LogP contribution in [0.1, 0.15) is 16.7 Å². The lowest BCUT2D eigenvalue weighted by Crippen LogP contribution is -2.38. The van der Waals surface area contributed by atoms with Gasteiger partial charge in [-0.25, -0.2) is 13.4 Å². The van der Waals surface area contributed by atoms with Gasteiger partial charge >= 0.3 is 0 Å². The zero-order valence-electron chi connectivity index (χ0n) is 23.7. The molecule has 0 spiro atoms. The molecule has 0 radical (unpaired) electrons. The van der Waals surface area contributed by atoms with E-state index in [1.54, 1.807) is 35.9 Å². The van der Waals surface area contributed by atoms with Gasteiger partial charge in [0.05, 0.1) is 24.2 Å². The number of hydrogen-bond donors (Lipinski definition) is 1. The number of aryl methyl sites for hydroxylation is 2. The van der Waals surface area contributed by atoms with E-state index >= 15 is 0 Å². The zero-order valence-corrected chi connectivity index (χ0v) is 24.5. The van der Waals surface area contributed by atoms with E-state index in [0.717, 1.165) is 33.7 Å². The predicted octanol–water partition coefficient (Wildman–Crippen LogP) is 5.99. The summed E-state index contributed by atoms with van der Waals surface area (Å²) >= 11 is 0. The highest BCUT2D eigenvalue weighted by Gasteiger charge is 2.27. The number of methoxy groups -OCH3 is 1. The maximum Gasteiger partial charge on any atom is 0.243 e. The van der Waals surface area contributed by atoms with Crippen molar-refractivity contribution in [3.05, 3.63) is 126 Å². The molecule has 0 aliphatic carbocycles. The lowest BCUT2D eigenvalue weighted by atomic mass is 10.1. The van der Waals surface area contributed by atoms with E-state index in [4.69, 9.17) is 9.72 Å².